The molecule has 1 aromatic heterocycles. The zero-order valence-electron chi connectivity index (χ0n) is 24.1. The monoisotopic (exact) mass is 688 g/mol. The number of rotatable bonds is 10. The molecule has 0 aliphatic carbocycles. The van der Waals surface area contributed by atoms with Crippen molar-refractivity contribution in [3.05, 3.63) is 83.0 Å². The van der Waals surface area contributed by atoms with Crippen molar-refractivity contribution in [2.75, 3.05) is 27.4 Å². The number of carboxylic acids is 2. The minimum atomic E-state index is -4.60. The number of aliphatic carboxylic acids is 2. The highest BCUT2D eigenvalue weighted by atomic mass is 35.5. The topological polar surface area (TPSA) is 137 Å². The molecule has 0 bridgehead atoms. The van der Waals surface area contributed by atoms with Crippen LogP contribution in [0.4, 0.5) is 26.3 Å². The van der Waals surface area contributed by atoms with Crippen LogP contribution in [-0.2, 0) is 21.9 Å². The van der Waals surface area contributed by atoms with Crippen LogP contribution in [-0.4, -0.2) is 59.6 Å². The number of carboxylic acid groups (broad SMARTS) is 2. The second-order valence-electron chi connectivity index (χ2n) is 9.04. The van der Waals surface area contributed by atoms with Crippen molar-refractivity contribution in [3.63, 3.8) is 0 Å². The van der Waals surface area contributed by atoms with E-state index in [0.717, 1.165) is 36.4 Å². The number of halogens is 7. The van der Waals surface area contributed by atoms with Gasteiger partial charge in [-0.05, 0) is 42.5 Å². The molecule has 0 saturated carbocycles. The quantitative estimate of drug-likeness (QED) is 0.166. The van der Waals surface area contributed by atoms with Gasteiger partial charge in [0, 0.05) is 27.9 Å². The summed E-state index contributed by atoms with van der Waals surface area (Å²) in [4.78, 5) is 29.0. The van der Waals surface area contributed by atoms with Gasteiger partial charge in [0.2, 0.25) is 5.88 Å². The molecule has 0 radical (unpaired) electrons. The van der Waals surface area contributed by atoms with Crippen LogP contribution in [0, 0.1) is 0 Å². The number of alkyl halides is 6. The van der Waals surface area contributed by atoms with Gasteiger partial charge in [0.05, 0.1) is 30.9 Å². The fraction of sp³-hybridized carbons (Fsp3) is 0.200. The molecule has 47 heavy (non-hydrogen) atoms. The van der Waals surface area contributed by atoms with E-state index in [4.69, 9.17) is 40.8 Å². The summed E-state index contributed by atoms with van der Waals surface area (Å²) in [6, 6.07) is 11.7. The molecule has 0 atom stereocenters. The Kier molecular flexibility index (Phi) is 11.8. The highest BCUT2D eigenvalue weighted by Gasteiger charge is 2.33. The number of aromatic nitrogens is 2. The van der Waals surface area contributed by atoms with Gasteiger partial charge < -0.3 is 29.2 Å². The summed E-state index contributed by atoms with van der Waals surface area (Å²) in [5.74, 6) is -2.62. The summed E-state index contributed by atoms with van der Waals surface area (Å²) in [6.45, 7) is -1.39. The lowest BCUT2D eigenvalue weighted by Gasteiger charge is -2.15. The molecule has 4 aromatic rings. The van der Waals surface area contributed by atoms with Gasteiger partial charge in [0.1, 0.15) is 11.5 Å². The van der Waals surface area contributed by atoms with Crippen LogP contribution in [0.25, 0.3) is 22.3 Å². The van der Waals surface area contributed by atoms with Crippen LogP contribution >= 0.6 is 11.6 Å². The first-order chi connectivity index (χ1) is 22.0. The largest absolute Gasteiger partial charge is 0.481 e. The van der Waals surface area contributed by atoms with Crippen molar-refractivity contribution in [2.24, 2.45) is 0 Å². The molecule has 250 valence electrons. The molecular weight excluding hydrogens is 666 g/mol. The second-order valence-corrected chi connectivity index (χ2v) is 9.45. The lowest BCUT2D eigenvalue weighted by Crippen LogP contribution is -2.11. The number of hydrogen-bond acceptors (Lipinski definition) is 8. The first kappa shape index (κ1) is 36.2. The maximum Gasteiger partial charge on any atom is 0.416 e. The Labute approximate surface area is 267 Å². The van der Waals surface area contributed by atoms with E-state index in [1.807, 2.05) is 0 Å². The molecule has 3 aromatic carbocycles. The molecule has 0 spiro atoms. The van der Waals surface area contributed by atoms with E-state index in [-0.39, 0.29) is 45.1 Å². The number of methoxy groups -OCH3 is 2. The highest BCUT2D eigenvalue weighted by Crippen LogP contribution is 2.41. The Balaban J connectivity index is 0.000000257. The van der Waals surface area contributed by atoms with Crippen LogP contribution in [0.1, 0.15) is 11.1 Å². The zero-order valence-corrected chi connectivity index (χ0v) is 24.9. The average molecular weight is 689 g/mol. The molecule has 17 heteroatoms. The predicted octanol–water partition coefficient (Wildman–Crippen LogP) is 7.13. The Bertz CT molecular complexity index is 1730. The highest BCUT2D eigenvalue weighted by molar-refractivity contribution is 6.33. The summed E-state index contributed by atoms with van der Waals surface area (Å²) in [5.41, 5.74) is -1.36. The van der Waals surface area contributed by atoms with Crippen LogP contribution in [0.5, 0.6) is 23.4 Å². The normalized spacial score (nSPS) is 11.2. The third-order valence-electron chi connectivity index (χ3n) is 5.88. The fourth-order valence-corrected chi connectivity index (χ4v) is 4.07. The number of hydrogen-bond donors (Lipinski definition) is 2. The molecule has 10 nitrogen and oxygen atoms in total. The summed E-state index contributed by atoms with van der Waals surface area (Å²) >= 11 is 6.01. The minimum Gasteiger partial charge on any atom is -0.481 e. The van der Waals surface area contributed by atoms with Crippen LogP contribution in [0.2, 0.25) is 5.02 Å². The SMILES string of the molecule is COc1ncc(-c2cc(C(F)(F)F)ccc2OCC(=O)O)c(OC)n1.O=C(O)COc1ccc(C(F)(F)F)cc1-c1ccccc1Cl. The smallest absolute Gasteiger partial charge is 0.416 e. The van der Waals surface area contributed by atoms with E-state index in [1.165, 1.54) is 32.5 Å². The molecule has 0 aliphatic heterocycles. The van der Waals surface area contributed by atoms with Gasteiger partial charge in [-0.1, -0.05) is 29.8 Å². The van der Waals surface area contributed by atoms with Gasteiger partial charge in [-0.3, -0.25) is 0 Å². The summed E-state index contributed by atoms with van der Waals surface area (Å²) < 4.78 is 97.7. The van der Waals surface area contributed by atoms with Crippen LogP contribution < -0.4 is 18.9 Å². The summed E-state index contributed by atoms with van der Waals surface area (Å²) in [7, 11) is 2.59. The Morgan fingerprint density at radius 2 is 1.21 bits per heavy atom. The standard InChI is InChI=1S/C15H10ClF3O3.C15H13F3N2O5/c16-12-4-2-1-3-10(12)11-7-9(15(17,18)19)5-6-13(11)22-8-14(20)21;1-23-13-10(6-19-14(20-13)24-2)9-5-8(15(16,17)18)3-4-11(9)25-7-12(21)22/h1-7H,8H2,(H,20,21);3-6H,7H2,1-2H3,(H,21,22). The number of ether oxygens (including phenoxy) is 4. The molecule has 0 unspecified atom stereocenters. The predicted molar refractivity (Wildman–Crippen MR) is 154 cm³/mol. The minimum absolute atomic E-state index is 0.0171. The van der Waals surface area contributed by atoms with E-state index in [1.54, 1.807) is 12.1 Å². The van der Waals surface area contributed by atoms with Crippen molar-refractivity contribution in [2.45, 2.75) is 12.4 Å². The van der Waals surface area contributed by atoms with Crippen molar-refractivity contribution in [1.82, 2.24) is 9.97 Å². The maximum absolute atomic E-state index is 13.0. The fourth-order valence-electron chi connectivity index (χ4n) is 3.83. The van der Waals surface area contributed by atoms with E-state index in [9.17, 15) is 35.9 Å². The van der Waals surface area contributed by atoms with E-state index >= 15 is 0 Å². The molecule has 0 aliphatic rings. The Hall–Kier alpha value is -5.25. The van der Waals surface area contributed by atoms with Crippen LogP contribution in [0.3, 0.4) is 0 Å². The Morgan fingerprint density at radius 3 is 1.64 bits per heavy atom. The number of nitrogens with zero attached hydrogens (tertiary/aromatic N) is 2. The molecule has 0 saturated heterocycles. The van der Waals surface area contributed by atoms with Crippen molar-refractivity contribution < 1.29 is 65.1 Å². The zero-order chi connectivity index (χ0) is 34.9. The molecule has 2 N–H and O–H groups in total. The second kappa shape index (κ2) is 15.4. The van der Waals surface area contributed by atoms with E-state index < -0.39 is 48.6 Å². The lowest BCUT2D eigenvalue weighted by atomic mass is 10.0. The van der Waals surface area contributed by atoms with Gasteiger partial charge >= 0.3 is 30.3 Å². The van der Waals surface area contributed by atoms with E-state index in [2.05, 4.69) is 9.97 Å². The van der Waals surface area contributed by atoms with Crippen molar-refractivity contribution in [1.29, 1.82) is 0 Å². The third-order valence-corrected chi connectivity index (χ3v) is 6.21. The average Bonchev–Trinajstić information content (AvgIpc) is 3.02. The molecule has 0 amide bonds. The van der Waals surface area contributed by atoms with Gasteiger partial charge in [-0.25, -0.2) is 14.6 Å². The van der Waals surface area contributed by atoms with Gasteiger partial charge in [0.25, 0.3) is 0 Å². The molecular formula is C30H23ClF6N2O8. The first-order valence-corrected chi connectivity index (χ1v) is 13.2. The van der Waals surface area contributed by atoms with Crippen molar-refractivity contribution >= 4 is 23.5 Å². The van der Waals surface area contributed by atoms with Crippen LogP contribution in [0.15, 0.2) is 66.9 Å². The van der Waals surface area contributed by atoms with Gasteiger partial charge in [0.15, 0.2) is 13.2 Å². The van der Waals surface area contributed by atoms with E-state index in [0.29, 0.717) is 5.56 Å². The van der Waals surface area contributed by atoms with Gasteiger partial charge in [-0.2, -0.15) is 31.3 Å². The molecule has 1 heterocycles. The Morgan fingerprint density at radius 1 is 0.723 bits per heavy atom. The lowest BCUT2D eigenvalue weighted by molar-refractivity contribution is -0.140. The van der Waals surface area contributed by atoms with Crippen molar-refractivity contribution in [3.8, 4) is 45.6 Å². The third kappa shape index (κ3) is 9.87. The summed E-state index contributed by atoms with van der Waals surface area (Å²) in [6.07, 6.45) is -7.92. The summed E-state index contributed by atoms with van der Waals surface area (Å²) in [5, 5.41) is 17.6. The molecule has 4 rings (SSSR count). The van der Waals surface area contributed by atoms with Gasteiger partial charge in [-0.15, -0.1) is 0 Å². The first-order valence-electron chi connectivity index (χ1n) is 12.9. The maximum atomic E-state index is 13.0. The number of carbonyl (C=O) groups is 2. The molecule has 0 fully saturated rings. The number of benzene rings is 3.